The zero-order valence-corrected chi connectivity index (χ0v) is 16.1. The molecule has 0 saturated carbocycles. The number of benzene rings is 3. The summed E-state index contributed by atoms with van der Waals surface area (Å²) < 4.78 is 5.40. The summed E-state index contributed by atoms with van der Waals surface area (Å²) in [5.41, 5.74) is 2.40. The van der Waals surface area contributed by atoms with Crippen molar-refractivity contribution in [3.63, 3.8) is 0 Å². The maximum absolute atomic E-state index is 12.6. The Labute approximate surface area is 170 Å². The molecule has 0 aliphatic rings. The highest BCUT2D eigenvalue weighted by Crippen LogP contribution is 2.18. The van der Waals surface area contributed by atoms with Crippen molar-refractivity contribution < 1.29 is 14.3 Å². The topological polar surface area (TPSA) is 67.4 Å². The molecule has 2 amide bonds. The predicted octanol–water partition coefficient (Wildman–Crippen LogP) is 4.99. The molecule has 3 rings (SSSR count). The molecule has 0 bridgehead atoms. The lowest BCUT2D eigenvalue weighted by molar-refractivity contribution is -0.111. The predicted molar refractivity (Wildman–Crippen MR) is 116 cm³/mol. The van der Waals surface area contributed by atoms with Gasteiger partial charge in [-0.05, 0) is 55.0 Å². The van der Waals surface area contributed by atoms with Crippen LogP contribution in [0.2, 0.25) is 0 Å². The molecule has 0 atom stereocenters. The normalized spacial score (nSPS) is 10.5. The second kappa shape index (κ2) is 9.90. The number of hydrogen-bond acceptors (Lipinski definition) is 3. The minimum absolute atomic E-state index is 0.289. The molecule has 5 heteroatoms. The summed E-state index contributed by atoms with van der Waals surface area (Å²) in [4.78, 5) is 24.9. The third-order valence-electron chi connectivity index (χ3n) is 4.08. The van der Waals surface area contributed by atoms with Crippen molar-refractivity contribution in [2.75, 3.05) is 17.2 Å². The van der Waals surface area contributed by atoms with Crippen LogP contribution < -0.4 is 15.4 Å². The maximum Gasteiger partial charge on any atom is 0.257 e. The fourth-order valence-electron chi connectivity index (χ4n) is 2.70. The smallest absolute Gasteiger partial charge is 0.257 e. The van der Waals surface area contributed by atoms with Crippen LogP contribution in [0.15, 0.2) is 84.9 Å². The fraction of sp³-hybridized carbons (Fsp3) is 0.0833. The second-order valence-electron chi connectivity index (χ2n) is 6.19. The number of hydrogen-bond donors (Lipinski definition) is 2. The lowest BCUT2D eigenvalue weighted by Crippen LogP contribution is -2.16. The largest absolute Gasteiger partial charge is 0.494 e. The summed E-state index contributed by atoms with van der Waals surface area (Å²) in [6.45, 7) is 2.53. The van der Waals surface area contributed by atoms with Crippen LogP contribution in [0.1, 0.15) is 22.8 Å². The summed E-state index contributed by atoms with van der Waals surface area (Å²) in [6, 6.07) is 23.5. The van der Waals surface area contributed by atoms with E-state index < -0.39 is 0 Å². The third-order valence-corrected chi connectivity index (χ3v) is 4.08. The molecule has 5 nitrogen and oxygen atoms in total. The van der Waals surface area contributed by atoms with E-state index in [0.29, 0.717) is 23.5 Å². The molecule has 0 unspecified atom stereocenters. The average Bonchev–Trinajstić information content (AvgIpc) is 2.74. The van der Waals surface area contributed by atoms with Crippen LogP contribution in [0.4, 0.5) is 11.4 Å². The summed E-state index contributed by atoms with van der Waals surface area (Å²) in [5.74, 6) is 0.175. The monoisotopic (exact) mass is 386 g/mol. The highest BCUT2D eigenvalue weighted by Gasteiger charge is 2.12. The Balaban J connectivity index is 1.66. The van der Waals surface area contributed by atoms with Crippen molar-refractivity contribution in [3.8, 4) is 5.75 Å². The lowest BCUT2D eigenvalue weighted by atomic mass is 10.1. The standard InChI is InChI=1S/C24H22N2O3/c1-2-29-20-15-12-18(13-16-20)14-17-23(27)26-22-11-7-6-10-21(22)24(28)25-19-8-4-3-5-9-19/h3-17H,2H2,1H3,(H,25,28)(H,26,27)/b17-14+. The van der Waals surface area contributed by atoms with Gasteiger partial charge in [0.15, 0.2) is 0 Å². The van der Waals surface area contributed by atoms with Crippen LogP contribution in [0.3, 0.4) is 0 Å². The van der Waals surface area contributed by atoms with Gasteiger partial charge in [-0.2, -0.15) is 0 Å². The number of anilines is 2. The van der Waals surface area contributed by atoms with Crippen molar-refractivity contribution in [1.29, 1.82) is 0 Å². The van der Waals surface area contributed by atoms with E-state index in [9.17, 15) is 9.59 Å². The van der Waals surface area contributed by atoms with Gasteiger partial charge in [-0.3, -0.25) is 9.59 Å². The van der Waals surface area contributed by atoms with E-state index in [1.165, 1.54) is 6.08 Å². The quantitative estimate of drug-likeness (QED) is 0.562. The SMILES string of the molecule is CCOc1ccc(/C=C/C(=O)Nc2ccccc2C(=O)Nc2ccccc2)cc1. The molecule has 3 aromatic rings. The molecule has 0 radical (unpaired) electrons. The van der Waals surface area contributed by atoms with Gasteiger partial charge in [0.1, 0.15) is 5.75 Å². The maximum atomic E-state index is 12.6. The lowest BCUT2D eigenvalue weighted by Gasteiger charge is -2.10. The van der Waals surface area contributed by atoms with Crippen molar-refractivity contribution in [2.24, 2.45) is 0 Å². The van der Waals surface area contributed by atoms with E-state index >= 15 is 0 Å². The summed E-state index contributed by atoms with van der Waals surface area (Å²) in [6.07, 6.45) is 3.14. The Bertz CT molecular complexity index is 996. The van der Waals surface area contributed by atoms with Crippen LogP contribution in [0.25, 0.3) is 6.08 Å². The van der Waals surface area contributed by atoms with Gasteiger partial charge in [0, 0.05) is 11.8 Å². The van der Waals surface area contributed by atoms with E-state index in [1.807, 2.05) is 49.4 Å². The highest BCUT2D eigenvalue weighted by atomic mass is 16.5. The van der Waals surface area contributed by atoms with Gasteiger partial charge in [0.25, 0.3) is 5.91 Å². The Kier molecular flexibility index (Phi) is 6.79. The van der Waals surface area contributed by atoms with Crippen LogP contribution in [0, 0.1) is 0 Å². The zero-order valence-electron chi connectivity index (χ0n) is 16.1. The molecule has 0 saturated heterocycles. The van der Waals surface area contributed by atoms with Crippen molar-refractivity contribution in [2.45, 2.75) is 6.92 Å². The van der Waals surface area contributed by atoms with Crippen LogP contribution >= 0.6 is 0 Å². The molecule has 0 fully saturated rings. The first-order valence-electron chi connectivity index (χ1n) is 9.33. The van der Waals surface area contributed by atoms with Crippen molar-refractivity contribution in [1.82, 2.24) is 0 Å². The number of ether oxygens (including phenoxy) is 1. The van der Waals surface area contributed by atoms with Gasteiger partial charge in [-0.15, -0.1) is 0 Å². The molecule has 0 aromatic heterocycles. The van der Waals surface area contributed by atoms with Gasteiger partial charge in [-0.1, -0.05) is 42.5 Å². The molecule has 146 valence electrons. The molecular formula is C24H22N2O3. The first-order valence-corrected chi connectivity index (χ1v) is 9.33. The highest BCUT2D eigenvalue weighted by molar-refractivity contribution is 6.11. The van der Waals surface area contributed by atoms with Crippen LogP contribution in [0.5, 0.6) is 5.75 Å². The Morgan fingerprint density at radius 2 is 1.55 bits per heavy atom. The number of carbonyl (C=O) groups is 2. The van der Waals surface area contributed by atoms with E-state index in [2.05, 4.69) is 10.6 Å². The Hall–Kier alpha value is -3.86. The molecule has 29 heavy (non-hydrogen) atoms. The van der Waals surface area contributed by atoms with Crippen LogP contribution in [-0.4, -0.2) is 18.4 Å². The first kappa shape index (κ1) is 19.9. The van der Waals surface area contributed by atoms with E-state index in [4.69, 9.17) is 4.74 Å². The van der Waals surface area contributed by atoms with E-state index in [1.54, 1.807) is 42.5 Å². The molecule has 3 aromatic carbocycles. The minimum Gasteiger partial charge on any atom is -0.494 e. The molecule has 0 spiro atoms. The number of nitrogens with one attached hydrogen (secondary N) is 2. The summed E-state index contributed by atoms with van der Waals surface area (Å²) >= 11 is 0. The number of rotatable bonds is 7. The molecule has 0 heterocycles. The molecule has 2 N–H and O–H groups in total. The number of para-hydroxylation sites is 2. The first-order chi connectivity index (χ1) is 14.2. The zero-order chi connectivity index (χ0) is 20.5. The molecule has 0 aliphatic heterocycles. The van der Waals surface area contributed by atoms with Crippen molar-refractivity contribution >= 4 is 29.3 Å². The molecule has 0 aliphatic carbocycles. The number of carbonyl (C=O) groups excluding carboxylic acids is 2. The fourth-order valence-corrected chi connectivity index (χ4v) is 2.70. The van der Waals surface area contributed by atoms with Crippen LogP contribution in [-0.2, 0) is 4.79 Å². The molecular weight excluding hydrogens is 364 g/mol. The Morgan fingerprint density at radius 3 is 2.28 bits per heavy atom. The van der Waals surface area contributed by atoms with E-state index in [-0.39, 0.29) is 11.8 Å². The van der Waals surface area contributed by atoms with Gasteiger partial charge < -0.3 is 15.4 Å². The third kappa shape index (κ3) is 5.81. The van der Waals surface area contributed by atoms with Gasteiger partial charge in [0.2, 0.25) is 5.91 Å². The van der Waals surface area contributed by atoms with Gasteiger partial charge in [-0.25, -0.2) is 0 Å². The van der Waals surface area contributed by atoms with Gasteiger partial charge in [0.05, 0.1) is 17.9 Å². The average molecular weight is 386 g/mol. The van der Waals surface area contributed by atoms with Gasteiger partial charge >= 0.3 is 0 Å². The minimum atomic E-state index is -0.321. The summed E-state index contributed by atoms with van der Waals surface area (Å²) in [7, 11) is 0. The van der Waals surface area contributed by atoms with E-state index in [0.717, 1.165) is 11.3 Å². The van der Waals surface area contributed by atoms with Crippen molar-refractivity contribution in [3.05, 3.63) is 96.1 Å². The Morgan fingerprint density at radius 1 is 0.862 bits per heavy atom. The second-order valence-corrected chi connectivity index (χ2v) is 6.19. The summed E-state index contributed by atoms with van der Waals surface area (Å²) in [5, 5.41) is 5.59. The number of amides is 2.